The molecule has 2 rings (SSSR count). The summed E-state index contributed by atoms with van der Waals surface area (Å²) in [5, 5.41) is 9.47. The van der Waals surface area contributed by atoms with E-state index in [2.05, 4.69) is 10.6 Å². The van der Waals surface area contributed by atoms with Crippen molar-refractivity contribution in [2.45, 2.75) is 19.4 Å². The number of carbonyl (C=O) groups is 1. The van der Waals surface area contributed by atoms with Crippen molar-refractivity contribution in [1.29, 1.82) is 5.26 Å². The Morgan fingerprint density at radius 1 is 1.38 bits per heavy atom. The highest BCUT2D eigenvalue weighted by atomic mass is 16.1. The fourth-order valence-electron chi connectivity index (χ4n) is 1.87. The number of hydrogen-bond donors (Lipinski definition) is 0. The molecule has 3 heteroatoms. The van der Waals surface area contributed by atoms with Gasteiger partial charge in [0.25, 0.3) is 0 Å². The Bertz CT molecular complexity index is 549. The van der Waals surface area contributed by atoms with Crippen LogP contribution in [0.1, 0.15) is 23.2 Å². The van der Waals surface area contributed by atoms with Gasteiger partial charge in [0.15, 0.2) is 6.29 Å². The number of hydrogen-bond acceptors (Lipinski definition) is 2. The Labute approximate surface area is 93.9 Å². The second-order valence-electron chi connectivity index (χ2n) is 3.67. The Balaban J connectivity index is 2.34. The molecule has 0 aliphatic carbocycles. The van der Waals surface area contributed by atoms with E-state index in [9.17, 15) is 4.79 Å². The van der Waals surface area contributed by atoms with Crippen molar-refractivity contribution in [3.05, 3.63) is 36.0 Å². The number of benzene rings is 1. The zero-order valence-corrected chi connectivity index (χ0v) is 8.89. The summed E-state index contributed by atoms with van der Waals surface area (Å²) in [6, 6.07) is 9.77. The predicted octanol–water partition coefficient (Wildman–Crippen LogP) is 2.76. The van der Waals surface area contributed by atoms with E-state index in [0.717, 1.165) is 35.7 Å². The van der Waals surface area contributed by atoms with Gasteiger partial charge in [0, 0.05) is 35.6 Å². The minimum Gasteiger partial charge on any atom is -0.347 e. The van der Waals surface area contributed by atoms with E-state index < -0.39 is 0 Å². The van der Waals surface area contributed by atoms with E-state index in [1.54, 1.807) is 0 Å². The molecule has 3 nitrogen and oxygen atoms in total. The topological polar surface area (TPSA) is 45.8 Å². The fourth-order valence-corrected chi connectivity index (χ4v) is 1.87. The molecule has 80 valence electrons. The second-order valence-corrected chi connectivity index (χ2v) is 3.67. The van der Waals surface area contributed by atoms with Gasteiger partial charge in [-0.3, -0.25) is 4.79 Å². The summed E-state index contributed by atoms with van der Waals surface area (Å²) in [7, 11) is 0. The lowest BCUT2D eigenvalue weighted by Gasteiger charge is -2.03. The average molecular weight is 212 g/mol. The third-order valence-corrected chi connectivity index (χ3v) is 2.66. The van der Waals surface area contributed by atoms with Crippen molar-refractivity contribution in [1.82, 2.24) is 4.57 Å². The summed E-state index contributed by atoms with van der Waals surface area (Å²) in [5.74, 6) is 0. The quantitative estimate of drug-likeness (QED) is 0.577. The van der Waals surface area contributed by atoms with Crippen LogP contribution in [0.25, 0.3) is 10.9 Å². The van der Waals surface area contributed by atoms with Crippen molar-refractivity contribution in [3.8, 4) is 6.07 Å². The zero-order valence-electron chi connectivity index (χ0n) is 8.89. The molecule has 0 amide bonds. The first kappa shape index (κ1) is 10.4. The molecule has 0 fully saturated rings. The third-order valence-electron chi connectivity index (χ3n) is 2.66. The highest BCUT2D eigenvalue weighted by molar-refractivity contribution is 5.97. The molecule has 0 radical (unpaired) electrons. The maximum Gasteiger partial charge on any atom is 0.150 e. The van der Waals surface area contributed by atoms with Crippen LogP contribution in [0.2, 0.25) is 0 Å². The summed E-state index contributed by atoms with van der Waals surface area (Å²) in [4.78, 5) is 10.8. The molecule has 0 saturated carbocycles. The molecule has 0 N–H and O–H groups in total. The molecule has 16 heavy (non-hydrogen) atoms. The second kappa shape index (κ2) is 4.63. The number of fused-ring (bicyclic) bond motifs is 1. The number of nitriles is 1. The normalized spacial score (nSPS) is 10.2. The number of aromatic nitrogens is 1. The van der Waals surface area contributed by atoms with Crippen LogP contribution in [0, 0.1) is 11.3 Å². The van der Waals surface area contributed by atoms with E-state index in [1.165, 1.54) is 0 Å². The molecule has 0 unspecified atom stereocenters. The number of aldehydes is 1. The van der Waals surface area contributed by atoms with Crippen molar-refractivity contribution < 1.29 is 4.79 Å². The van der Waals surface area contributed by atoms with Crippen LogP contribution in [0.3, 0.4) is 0 Å². The van der Waals surface area contributed by atoms with E-state index in [4.69, 9.17) is 5.26 Å². The minimum absolute atomic E-state index is 0.563. The van der Waals surface area contributed by atoms with E-state index in [-0.39, 0.29) is 0 Å². The van der Waals surface area contributed by atoms with Gasteiger partial charge in [0.2, 0.25) is 0 Å². The average Bonchev–Trinajstić information content (AvgIpc) is 2.73. The smallest absolute Gasteiger partial charge is 0.150 e. The number of nitrogens with zero attached hydrogens (tertiary/aromatic N) is 2. The zero-order chi connectivity index (χ0) is 11.4. The molecular formula is C13H12N2O. The maximum atomic E-state index is 10.8. The van der Waals surface area contributed by atoms with Gasteiger partial charge >= 0.3 is 0 Å². The molecule has 0 aliphatic heterocycles. The van der Waals surface area contributed by atoms with Crippen LogP contribution in [-0.2, 0) is 6.54 Å². The summed E-state index contributed by atoms with van der Waals surface area (Å²) in [6.45, 7) is 0.819. The van der Waals surface area contributed by atoms with Crippen LogP contribution in [0.15, 0.2) is 30.5 Å². The molecule has 2 aromatic rings. The highest BCUT2D eigenvalue weighted by Crippen LogP contribution is 2.19. The lowest BCUT2D eigenvalue weighted by Crippen LogP contribution is -1.95. The van der Waals surface area contributed by atoms with Crippen LogP contribution in [0.4, 0.5) is 0 Å². The molecule has 1 aromatic carbocycles. The summed E-state index contributed by atoms with van der Waals surface area (Å²) >= 11 is 0. The van der Waals surface area contributed by atoms with Crippen LogP contribution in [0.5, 0.6) is 0 Å². The summed E-state index contributed by atoms with van der Waals surface area (Å²) in [6.07, 6.45) is 4.25. The molecule has 0 spiro atoms. The van der Waals surface area contributed by atoms with Crippen molar-refractivity contribution >= 4 is 17.2 Å². The van der Waals surface area contributed by atoms with E-state index >= 15 is 0 Å². The van der Waals surface area contributed by atoms with Gasteiger partial charge in [0.1, 0.15) is 0 Å². The summed E-state index contributed by atoms with van der Waals surface area (Å²) < 4.78 is 2.08. The molecule has 0 saturated heterocycles. The Morgan fingerprint density at radius 3 is 3.00 bits per heavy atom. The van der Waals surface area contributed by atoms with Crippen molar-refractivity contribution in [3.63, 3.8) is 0 Å². The summed E-state index contributed by atoms with van der Waals surface area (Å²) in [5.41, 5.74) is 1.78. The first-order valence-electron chi connectivity index (χ1n) is 5.27. The SMILES string of the molecule is N#CCCCn1ccc2c(C=O)cccc21. The van der Waals surface area contributed by atoms with Gasteiger partial charge in [-0.1, -0.05) is 12.1 Å². The molecular weight excluding hydrogens is 200 g/mol. The first-order valence-corrected chi connectivity index (χ1v) is 5.27. The van der Waals surface area contributed by atoms with Gasteiger partial charge in [-0.25, -0.2) is 0 Å². The van der Waals surface area contributed by atoms with Gasteiger partial charge in [-0.05, 0) is 18.6 Å². The number of rotatable bonds is 4. The molecule has 0 bridgehead atoms. The van der Waals surface area contributed by atoms with E-state index in [0.29, 0.717) is 6.42 Å². The van der Waals surface area contributed by atoms with Crippen molar-refractivity contribution in [2.75, 3.05) is 0 Å². The molecule has 1 aromatic heterocycles. The first-order chi connectivity index (χ1) is 7.86. The lowest BCUT2D eigenvalue weighted by molar-refractivity contribution is 0.112. The largest absolute Gasteiger partial charge is 0.347 e. The Kier molecular flexibility index (Phi) is 3.02. The molecule has 0 aliphatic rings. The lowest BCUT2D eigenvalue weighted by atomic mass is 10.1. The van der Waals surface area contributed by atoms with Gasteiger partial charge in [-0.2, -0.15) is 5.26 Å². The Hall–Kier alpha value is -2.08. The number of carbonyl (C=O) groups excluding carboxylic acids is 1. The Morgan fingerprint density at radius 2 is 2.25 bits per heavy atom. The number of unbranched alkanes of at least 4 members (excludes halogenated alkanes) is 1. The van der Waals surface area contributed by atoms with E-state index in [1.807, 2.05) is 30.5 Å². The standard InChI is InChI=1S/C13H12N2O/c14-7-1-2-8-15-9-6-12-11(10-16)4-3-5-13(12)15/h3-6,9-10H,1-2,8H2. The molecule has 0 atom stereocenters. The molecule has 1 heterocycles. The highest BCUT2D eigenvalue weighted by Gasteiger charge is 2.04. The monoisotopic (exact) mass is 212 g/mol. The van der Waals surface area contributed by atoms with Gasteiger partial charge in [0.05, 0.1) is 6.07 Å². The third kappa shape index (κ3) is 1.82. The maximum absolute atomic E-state index is 10.8. The van der Waals surface area contributed by atoms with Crippen LogP contribution in [-0.4, -0.2) is 10.9 Å². The fraction of sp³-hybridized carbons (Fsp3) is 0.231. The van der Waals surface area contributed by atoms with Gasteiger partial charge < -0.3 is 4.57 Å². The van der Waals surface area contributed by atoms with Gasteiger partial charge in [-0.15, -0.1) is 0 Å². The van der Waals surface area contributed by atoms with Crippen LogP contribution >= 0.6 is 0 Å². The predicted molar refractivity (Wildman–Crippen MR) is 62.2 cm³/mol. The number of aryl methyl sites for hydroxylation is 1. The minimum atomic E-state index is 0.563. The van der Waals surface area contributed by atoms with Crippen LogP contribution < -0.4 is 0 Å². The van der Waals surface area contributed by atoms with Crippen molar-refractivity contribution in [2.24, 2.45) is 0 Å².